The summed E-state index contributed by atoms with van der Waals surface area (Å²) >= 11 is 0. The number of rotatable bonds is 5. The molecule has 1 saturated carbocycles. The average molecular weight is 394 g/mol. The second-order valence-corrected chi connectivity index (χ2v) is 10.2. The van der Waals surface area contributed by atoms with Gasteiger partial charge in [0.1, 0.15) is 0 Å². The Morgan fingerprint density at radius 1 is 1.19 bits per heavy atom. The maximum absolute atomic E-state index is 12.8. The fourth-order valence-corrected chi connectivity index (χ4v) is 5.29. The van der Waals surface area contributed by atoms with Crippen LogP contribution in [0, 0.1) is 11.8 Å². The monoisotopic (exact) mass is 393 g/mol. The van der Waals surface area contributed by atoms with Crippen LogP contribution in [-0.4, -0.2) is 56.8 Å². The summed E-state index contributed by atoms with van der Waals surface area (Å²) in [7, 11) is -0.523. The predicted octanol–water partition coefficient (Wildman–Crippen LogP) is 2.78. The number of carbonyl (C=O) groups excluding carboxylic acids is 1. The molecule has 2 fully saturated rings. The minimum Gasteiger partial charge on any atom is -0.325 e. The molecule has 1 aromatic carbocycles. The van der Waals surface area contributed by atoms with Gasteiger partial charge in [0.05, 0.1) is 10.9 Å². The van der Waals surface area contributed by atoms with Crippen molar-refractivity contribution in [2.45, 2.75) is 50.0 Å². The van der Waals surface area contributed by atoms with E-state index in [9.17, 15) is 13.2 Å². The van der Waals surface area contributed by atoms with Crippen molar-refractivity contribution in [2.24, 2.45) is 11.8 Å². The van der Waals surface area contributed by atoms with Crippen LogP contribution in [0.3, 0.4) is 0 Å². The number of hydrogen-bond donors (Lipinski definition) is 1. The Morgan fingerprint density at radius 2 is 1.89 bits per heavy atom. The molecule has 1 aliphatic carbocycles. The number of hydrogen-bond acceptors (Lipinski definition) is 4. The number of fused-ring (bicyclic) bond motifs is 1. The molecule has 1 aliphatic heterocycles. The fourth-order valence-electron chi connectivity index (χ4n) is 4.34. The zero-order chi connectivity index (χ0) is 19.6. The second-order valence-electron chi connectivity index (χ2n) is 8.07. The number of benzene rings is 1. The van der Waals surface area contributed by atoms with E-state index in [-0.39, 0.29) is 16.8 Å². The molecular formula is C20H31N3O3S. The molecule has 6 nitrogen and oxygen atoms in total. The highest BCUT2D eigenvalue weighted by Gasteiger charge is 2.34. The number of nitrogens with one attached hydrogen (secondary N) is 1. The molecule has 1 aromatic rings. The zero-order valence-electron chi connectivity index (χ0n) is 16.5. The van der Waals surface area contributed by atoms with Gasteiger partial charge >= 0.3 is 0 Å². The number of piperidine rings is 1. The van der Waals surface area contributed by atoms with Crippen LogP contribution in [0.2, 0.25) is 0 Å². The standard InChI is InChI=1S/C20H31N3O3S/c1-15(23-12-11-16-7-4-5-8-17(16)14-23)20(24)21-18-9-6-10-19(13-18)27(25,26)22(2)3/h6,9-10,13,15-17H,4-5,7-8,11-12,14H2,1-3H3,(H,21,24)/t15-,16+,17-/m1/s1. The lowest BCUT2D eigenvalue weighted by atomic mass is 9.75. The Kier molecular flexibility index (Phi) is 6.23. The first-order chi connectivity index (χ1) is 12.8. The van der Waals surface area contributed by atoms with Crippen LogP contribution in [-0.2, 0) is 14.8 Å². The van der Waals surface area contributed by atoms with Crippen LogP contribution in [0.15, 0.2) is 29.2 Å². The lowest BCUT2D eigenvalue weighted by Crippen LogP contribution is -2.49. The van der Waals surface area contributed by atoms with Crippen LogP contribution < -0.4 is 5.32 Å². The number of carbonyl (C=O) groups is 1. The van der Waals surface area contributed by atoms with Gasteiger partial charge in [-0.05, 0) is 56.3 Å². The second kappa shape index (κ2) is 8.29. The molecule has 3 rings (SSSR count). The van der Waals surface area contributed by atoms with Crippen LogP contribution in [0.1, 0.15) is 39.0 Å². The first-order valence-electron chi connectivity index (χ1n) is 9.86. The van der Waals surface area contributed by atoms with E-state index in [0.717, 1.165) is 24.9 Å². The van der Waals surface area contributed by atoms with E-state index in [1.165, 1.54) is 56.6 Å². The molecule has 0 bridgehead atoms. The summed E-state index contributed by atoms with van der Waals surface area (Å²) in [4.78, 5) is 15.2. The molecule has 0 spiro atoms. The van der Waals surface area contributed by atoms with Gasteiger partial charge in [-0.15, -0.1) is 0 Å². The van der Waals surface area contributed by atoms with Crippen molar-refractivity contribution in [3.8, 4) is 0 Å². The van der Waals surface area contributed by atoms with Crippen molar-refractivity contribution in [1.82, 2.24) is 9.21 Å². The van der Waals surface area contributed by atoms with Gasteiger partial charge in [-0.3, -0.25) is 9.69 Å². The summed E-state index contributed by atoms with van der Waals surface area (Å²) in [6.07, 6.45) is 6.46. The third-order valence-corrected chi connectivity index (χ3v) is 7.94. The lowest BCUT2D eigenvalue weighted by molar-refractivity contribution is -0.122. The summed E-state index contributed by atoms with van der Waals surface area (Å²) in [6.45, 7) is 3.90. The number of anilines is 1. The van der Waals surface area contributed by atoms with Crippen LogP contribution in [0.25, 0.3) is 0 Å². The molecule has 1 saturated heterocycles. The summed E-state index contributed by atoms with van der Waals surface area (Å²) in [5.41, 5.74) is 0.516. The minimum absolute atomic E-state index is 0.0799. The maximum Gasteiger partial charge on any atom is 0.242 e. The SMILES string of the molecule is C[C@H](C(=O)Nc1cccc(S(=O)(=O)N(C)C)c1)N1CC[C@@H]2CCCC[C@@H]2C1. The van der Waals surface area contributed by atoms with Crippen molar-refractivity contribution < 1.29 is 13.2 Å². The van der Waals surface area contributed by atoms with Crippen molar-refractivity contribution in [1.29, 1.82) is 0 Å². The molecule has 2 aliphatic rings. The van der Waals surface area contributed by atoms with Gasteiger partial charge in [-0.1, -0.05) is 25.3 Å². The Labute approximate surface area is 163 Å². The fraction of sp³-hybridized carbons (Fsp3) is 0.650. The lowest BCUT2D eigenvalue weighted by Gasteiger charge is -2.43. The first kappa shape index (κ1) is 20.3. The highest BCUT2D eigenvalue weighted by atomic mass is 32.2. The summed E-state index contributed by atoms with van der Waals surface area (Å²) in [5.74, 6) is 1.47. The highest BCUT2D eigenvalue weighted by molar-refractivity contribution is 7.89. The van der Waals surface area contributed by atoms with E-state index in [0.29, 0.717) is 5.69 Å². The number of nitrogens with zero attached hydrogens (tertiary/aromatic N) is 2. The Bertz CT molecular complexity index is 778. The topological polar surface area (TPSA) is 69.7 Å². The number of amides is 1. The molecule has 1 heterocycles. The van der Waals surface area contributed by atoms with Gasteiger partial charge in [-0.25, -0.2) is 12.7 Å². The van der Waals surface area contributed by atoms with Gasteiger partial charge in [0.15, 0.2) is 0 Å². The highest BCUT2D eigenvalue weighted by Crippen LogP contribution is 2.36. The summed E-state index contributed by atoms with van der Waals surface area (Å²) in [5, 5.41) is 2.90. The van der Waals surface area contributed by atoms with E-state index in [2.05, 4.69) is 10.2 Å². The van der Waals surface area contributed by atoms with Gasteiger partial charge < -0.3 is 5.32 Å². The van der Waals surface area contributed by atoms with E-state index in [4.69, 9.17) is 0 Å². The van der Waals surface area contributed by atoms with Gasteiger partial charge in [0.25, 0.3) is 0 Å². The zero-order valence-corrected chi connectivity index (χ0v) is 17.3. The van der Waals surface area contributed by atoms with E-state index in [1.807, 2.05) is 6.92 Å². The van der Waals surface area contributed by atoms with Gasteiger partial charge in [0, 0.05) is 26.3 Å². The van der Waals surface area contributed by atoms with Crippen LogP contribution >= 0.6 is 0 Å². The molecule has 0 aromatic heterocycles. The Balaban J connectivity index is 1.65. The van der Waals surface area contributed by atoms with E-state index >= 15 is 0 Å². The number of sulfonamides is 1. The van der Waals surface area contributed by atoms with Crippen molar-refractivity contribution in [2.75, 3.05) is 32.5 Å². The summed E-state index contributed by atoms with van der Waals surface area (Å²) < 4.78 is 25.8. The van der Waals surface area contributed by atoms with Gasteiger partial charge in [0.2, 0.25) is 15.9 Å². The molecule has 27 heavy (non-hydrogen) atoms. The van der Waals surface area contributed by atoms with Crippen LogP contribution in [0.5, 0.6) is 0 Å². The third kappa shape index (κ3) is 4.52. The molecule has 0 unspecified atom stereocenters. The average Bonchev–Trinajstić information content (AvgIpc) is 2.67. The largest absolute Gasteiger partial charge is 0.325 e. The minimum atomic E-state index is -3.52. The van der Waals surface area contributed by atoms with Crippen molar-refractivity contribution >= 4 is 21.6 Å². The van der Waals surface area contributed by atoms with Gasteiger partial charge in [-0.2, -0.15) is 0 Å². The Morgan fingerprint density at radius 3 is 2.59 bits per heavy atom. The normalized spacial score (nSPS) is 25.0. The van der Waals surface area contributed by atoms with Crippen molar-refractivity contribution in [3.63, 3.8) is 0 Å². The molecule has 1 amide bonds. The summed E-state index contributed by atoms with van der Waals surface area (Å²) in [6, 6.07) is 6.23. The molecular weight excluding hydrogens is 362 g/mol. The molecule has 150 valence electrons. The molecule has 0 radical (unpaired) electrons. The Hall–Kier alpha value is -1.44. The predicted molar refractivity (Wildman–Crippen MR) is 107 cm³/mol. The first-order valence-corrected chi connectivity index (χ1v) is 11.3. The smallest absolute Gasteiger partial charge is 0.242 e. The van der Waals surface area contributed by atoms with Crippen LogP contribution in [0.4, 0.5) is 5.69 Å². The molecule has 1 N–H and O–H groups in total. The molecule has 3 atom stereocenters. The van der Waals surface area contributed by atoms with E-state index < -0.39 is 10.0 Å². The number of likely N-dealkylation sites (tertiary alicyclic amines) is 1. The van der Waals surface area contributed by atoms with E-state index in [1.54, 1.807) is 18.2 Å². The quantitative estimate of drug-likeness (QED) is 0.835. The third-order valence-electron chi connectivity index (χ3n) is 6.13. The maximum atomic E-state index is 12.8. The van der Waals surface area contributed by atoms with Crippen molar-refractivity contribution in [3.05, 3.63) is 24.3 Å². The molecule has 7 heteroatoms.